The first-order valence-electron chi connectivity index (χ1n) is 19.6. The molecule has 7 heteroatoms. The summed E-state index contributed by atoms with van der Waals surface area (Å²) >= 11 is 0. The summed E-state index contributed by atoms with van der Waals surface area (Å²) < 4.78 is 4.73. The van der Waals surface area contributed by atoms with Crippen LogP contribution in [-0.4, -0.2) is 29.1 Å². The van der Waals surface area contributed by atoms with E-state index >= 15 is 0 Å². The number of hydrogen-bond donors (Lipinski definition) is 0. The van der Waals surface area contributed by atoms with Gasteiger partial charge in [-0.25, -0.2) is 15.0 Å². The molecule has 0 saturated carbocycles. The lowest BCUT2D eigenvalue weighted by atomic mass is 10.0. The molecule has 0 atom stereocenters. The smallest absolute Gasteiger partial charge is 0.162 e. The molecular formula is C52H35N7. The predicted molar refractivity (Wildman–Crippen MR) is 240 cm³/mol. The first kappa shape index (κ1) is 34.1. The van der Waals surface area contributed by atoms with Crippen LogP contribution in [0.25, 0.3) is 77.7 Å². The van der Waals surface area contributed by atoms with Gasteiger partial charge in [-0.2, -0.15) is 0 Å². The average Bonchev–Trinajstić information content (AvgIpc) is 3.90. The number of nitrogens with zero attached hydrogens (tertiary/aromatic N) is 7. The minimum atomic E-state index is 0.641. The van der Waals surface area contributed by atoms with Gasteiger partial charge in [-0.3, -0.25) is 4.98 Å². The van der Waals surface area contributed by atoms with Crippen molar-refractivity contribution >= 4 is 49.8 Å². The highest BCUT2D eigenvalue weighted by Crippen LogP contribution is 2.41. The maximum absolute atomic E-state index is 4.35. The second-order valence-electron chi connectivity index (χ2n) is 14.5. The zero-order valence-electron chi connectivity index (χ0n) is 31.8. The highest BCUT2D eigenvalue weighted by molar-refractivity contribution is 6.18. The molecule has 4 aromatic heterocycles. The van der Waals surface area contributed by atoms with Crippen molar-refractivity contribution in [1.82, 2.24) is 29.1 Å². The van der Waals surface area contributed by atoms with Gasteiger partial charge in [0, 0.05) is 68.7 Å². The molecule has 59 heavy (non-hydrogen) atoms. The number of benzene rings is 7. The average molecular weight is 758 g/mol. The van der Waals surface area contributed by atoms with Gasteiger partial charge in [0.05, 0.1) is 16.6 Å². The second-order valence-corrected chi connectivity index (χ2v) is 14.5. The third-order valence-corrected chi connectivity index (χ3v) is 11.1. The fraction of sp³-hybridized carbons (Fsp3) is 0. The Morgan fingerprint density at radius 3 is 1.61 bits per heavy atom. The standard InChI is InChI=1S/C52H35N7/c1-3-7-42(8-4-1)57-32-29-39-17-25-47-48-33-41(18-26-49(48)59(51(47)50(39)57)43-9-5-2-6-10-43)37-13-21-45(22-14-37)58(44-19-11-36(12-20-44)38-27-30-53-31-28-38)46-23-15-40(16-24-46)52-55-34-54-35-56-52/h1-35H. The predicted octanol–water partition coefficient (Wildman–Crippen LogP) is 12.8. The van der Waals surface area contributed by atoms with Gasteiger partial charge in [0.2, 0.25) is 0 Å². The quantitative estimate of drug-likeness (QED) is 0.154. The number of hydrogen-bond acceptors (Lipinski definition) is 5. The maximum Gasteiger partial charge on any atom is 0.162 e. The number of pyridine rings is 1. The molecule has 0 amide bonds. The molecule has 0 radical (unpaired) electrons. The molecule has 7 nitrogen and oxygen atoms in total. The van der Waals surface area contributed by atoms with Crippen molar-refractivity contribution in [1.29, 1.82) is 0 Å². The zero-order valence-corrected chi connectivity index (χ0v) is 31.8. The van der Waals surface area contributed by atoms with Crippen LogP contribution in [0.1, 0.15) is 0 Å². The Labute approximate surface area is 340 Å². The van der Waals surface area contributed by atoms with E-state index in [-0.39, 0.29) is 0 Å². The molecule has 0 N–H and O–H groups in total. The molecule has 278 valence electrons. The summed E-state index contributed by atoms with van der Waals surface area (Å²) in [5.74, 6) is 0.641. The van der Waals surface area contributed by atoms with E-state index in [0.717, 1.165) is 56.3 Å². The summed E-state index contributed by atoms with van der Waals surface area (Å²) in [6.07, 6.45) is 8.88. The largest absolute Gasteiger partial charge is 0.315 e. The Kier molecular flexibility index (Phi) is 8.33. The van der Waals surface area contributed by atoms with Crippen LogP contribution in [0.3, 0.4) is 0 Å². The Morgan fingerprint density at radius 2 is 0.966 bits per heavy atom. The molecule has 11 aromatic rings. The summed E-state index contributed by atoms with van der Waals surface area (Å²) in [5, 5.41) is 3.63. The molecule has 4 heterocycles. The van der Waals surface area contributed by atoms with Crippen LogP contribution in [-0.2, 0) is 0 Å². The lowest BCUT2D eigenvalue weighted by molar-refractivity contribution is 1.06. The van der Waals surface area contributed by atoms with Gasteiger partial charge in [-0.1, -0.05) is 78.9 Å². The van der Waals surface area contributed by atoms with Crippen molar-refractivity contribution in [3.05, 3.63) is 213 Å². The van der Waals surface area contributed by atoms with Crippen LogP contribution in [0.2, 0.25) is 0 Å². The minimum Gasteiger partial charge on any atom is -0.315 e. The maximum atomic E-state index is 4.35. The molecule has 0 saturated heterocycles. The van der Waals surface area contributed by atoms with Crippen LogP contribution in [0.4, 0.5) is 17.1 Å². The van der Waals surface area contributed by atoms with E-state index in [2.05, 4.69) is 210 Å². The summed E-state index contributed by atoms with van der Waals surface area (Å²) in [5.41, 5.74) is 14.4. The lowest BCUT2D eigenvalue weighted by Gasteiger charge is -2.26. The Morgan fingerprint density at radius 1 is 0.407 bits per heavy atom. The number of aromatic nitrogens is 6. The van der Waals surface area contributed by atoms with Gasteiger partial charge in [0.25, 0.3) is 0 Å². The molecule has 7 aromatic carbocycles. The lowest BCUT2D eigenvalue weighted by Crippen LogP contribution is -2.09. The first-order chi connectivity index (χ1) is 29.3. The Hall–Kier alpha value is -8.16. The van der Waals surface area contributed by atoms with Gasteiger partial charge in [0.15, 0.2) is 5.82 Å². The van der Waals surface area contributed by atoms with E-state index in [9.17, 15) is 0 Å². The van der Waals surface area contributed by atoms with Gasteiger partial charge < -0.3 is 14.0 Å². The van der Waals surface area contributed by atoms with Crippen molar-refractivity contribution < 1.29 is 0 Å². The molecule has 0 bridgehead atoms. The van der Waals surface area contributed by atoms with Gasteiger partial charge in [0.1, 0.15) is 12.7 Å². The topological polar surface area (TPSA) is 64.7 Å². The third-order valence-electron chi connectivity index (χ3n) is 11.1. The molecule has 0 unspecified atom stereocenters. The van der Waals surface area contributed by atoms with Crippen molar-refractivity contribution in [3.63, 3.8) is 0 Å². The highest BCUT2D eigenvalue weighted by Gasteiger charge is 2.19. The van der Waals surface area contributed by atoms with Crippen molar-refractivity contribution in [3.8, 4) is 45.0 Å². The van der Waals surface area contributed by atoms with E-state index in [1.165, 1.54) is 45.4 Å². The van der Waals surface area contributed by atoms with E-state index in [1.807, 2.05) is 24.5 Å². The van der Waals surface area contributed by atoms with Crippen molar-refractivity contribution in [2.75, 3.05) is 4.90 Å². The summed E-state index contributed by atoms with van der Waals surface area (Å²) in [6, 6.07) is 64.9. The zero-order chi connectivity index (χ0) is 39.1. The molecule has 0 aliphatic rings. The fourth-order valence-corrected chi connectivity index (χ4v) is 8.30. The highest BCUT2D eigenvalue weighted by atomic mass is 15.1. The van der Waals surface area contributed by atoms with Crippen LogP contribution in [0, 0.1) is 0 Å². The number of para-hydroxylation sites is 2. The molecular weight excluding hydrogens is 723 g/mol. The van der Waals surface area contributed by atoms with E-state index < -0.39 is 0 Å². The van der Waals surface area contributed by atoms with Crippen LogP contribution >= 0.6 is 0 Å². The molecule has 0 fully saturated rings. The second kappa shape index (κ2) is 14.4. The van der Waals surface area contributed by atoms with Gasteiger partial charge in [-0.05, 0) is 125 Å². The Bertz CT molecular complexity index is 3130. The molecule has 11 rings (SSSR count). The van der Waals surface area contributed by atoms with Crippen molar-refractivity contribution in [2.24, 2.45) is 0 Å². The molecule has 0 aliphatic heterocycles. The summed E-state index contributed by atoms with van der Waals surface area (Å²) in [4.78, 5) is 19.2. The SMILES string of the molecule is c1ccc(-n2ccc3ccc4c5cc(-c6ccc(N(c7ccc(-c8ccncc8)cc7)c7ccc(-c8ncncn8)cc7)cc6)ccc5n(-c5ccccc5)c4c32)cc1. The monoisotopic (exact) mass is 757 g/mol. The normalized spacial score (nSPS) is 11.4. The molecule has 0 aliphatic carbocycles. The third kappa shape index (κ3) is 6.09. The first-order valence-corrected chi connectivity index (χ1v) is 19.6. The van der Waals surface area contributed by atoms with Crippen LogP contribution in [0.5, 0.6) is 0 Å². The number of anilines is 3. The summed E-state index contributed by atoms with van der Waals surface area (Å²) in [7, 11) is 0. The fourth-order valence-electron chi connectivity index (χ4n) is 8.30. The van der Waals surface area contributed by atoms with E-state index in [0.29, 0.717) is 5.82 Å². The minimum absolute atomic E-state index is 0.641. The summed E-state index contributed by atoms with van der Waals surface area (Å²) in [6.45, 7) is 0. The molecule has 0 spiro atoms. The van der Waals surface area contributed by atoms with Gasteiger partial charge >= 0.3 is 0 Å². The Balaban J connectivity index is 1.02. The van der Waals surface area contributed by atoms with Crippen molar-refractivity contribution in [2.45, 2.75) is 0 Å². The van der Waals surface area contributed by atoms with Gasteiger partial charge in [-0.15, -0.1) is 0 Å². The van der Waals surface area contributed by atoms with Crippen LogP contribution < -0.4 is 4.90 Å². The van der Waals surface area contributed by atoms with Crippen LogP contribution in [0.15, 0.2) is 213 Å². The number of fused-ring (bicyclic) bond motifs is 5. The number of rotatable bonds is 8. The van der Waals surface area contributed by atoms with E-state index in [4.69, 9.17) is 0 Å². The van der Waals surface area contributed by atoms with E-state index in [1.54, 1.807) is 0 Å².